The number of guanidine groups is 2. The highest BCUT2D eigenvalue weighted by molar-refractivity contribution is 6.21. The Labute approximate surface area is 792 Å². The van der Waals surface area contributed by atoms with Crippen LogP contribution < -0.4 is 26.6 Å². The molecule has 14 amide bonds. The Morgan fingerprint density at radius 2 is 0.847 bits per heavy atom. The number of hydrazine groups is 1. The van der Waals surface area contributed by atoms with Gasteiger partial charge >= 0.3 is 36.5 Å². The molecule has 0 aromatic heterocycles. The standard InChI is InChI=1S/C101H113N15O21/c1-101(2,3)137-98(129)109(51-30-55-113(99(130)135-66-74-42-21-9-22-43-74)93(102)107-95(126)133-64-72-38-17-7-18-39-72)62-85(118)80(59-70-34-13-5-14-35-70)105-88(121)83-49-28-52-110(83)91(124)81(68-132-63-71-36-15-6-16-37-71)106-86(119)76(58-69-32-11-4-12-33-69)60-77(117)61-104-87(120)82-48-27-53-111(82)92(125)84-50-29-54-112(84)97(128)115(116-89(122)78-46-25-26-47-79(78)90(116)123)57-31-56-114(100(131)136-67-75-44-23-10-24-45-75)94(103)108-96(127)134-65-73-40-19-8-20-41-73/h4-26,32-47,76,80-84H,27-31,48-68H2,1-3H3,(H,104,120)(H,105,121)(H,106,119)(H2,102,107,126)(H2,103,108,127)/t76-,80+,81+,82+,83+,84+/m1/s1. The molecule has 36 nitrogen and oxygen atoms in total. The number of nitrogens with zero attached hydrogens (tertiary/aromatic N) is 8. The fourth-order valence-electron chi connectivity index (χ4n) is 16.3. The molecule has 3 fully saturated rings. The van der Waals surface area contributed by atoms with Crippen molar-refractivity contribution in [1.29, 1.82) is 10.8 Å². The number of imide groups is 1. The maximum atomic E-state index is 15.5. The SMILES string of the molecule is CC(C)(C)OC(=O)N(CCCN(C(=N)NC(=O)OCc1ccccc1)C(=O)OCc1ccccc1)CC(=O)[C@H](Cc1ccccc1)NC(=O)[C@@H]1CCCN1C(=O)[C@H](COCc1ccccc1)NC(=O)[C@@H](CC(=O)CNC(=O)[C@@H]1CCCN1C(=O)[C@@H]1CCCN1C(=O)N(CCCN(C(=N)NC(=O)OCc1ccccc1)C(=O)OCc1ccccc1)N1C(=O)c2ccccc2C1=O)Cc1ccccc1. The maximum absolute atomic E-state index is 15.5. The summed E-state index contributed by atoms with van der Waals surface area (Å²) in [5, 5.41) is 32.3. The van der Waals surface area contributed by atoms with Gasteiger partial charge in [0.05, 0.1) is 43.5 Å². The van der Waals surface area contributed by atoms with Crippen LogP contribution >= 0.6 is 0 Å². The number of fused-ring (bicyclic) bond motifs is 1. The van der Waals surface area contributed by atoms with E-state index in [1.807, 2.05) is 6.07 Å². The van der Waals surface area contributed by atoms with Crippen LogP contribution in [0.5, 0.6) is 0 Å². The number of benzene rings is 8. The molecule has 4 heterocycles. The molecular formula is C101H113N15O21. The largest absolute Gasteiger partial charge is 0.444 e. The Morgan fingerprint density at radius 1 is 0.438 bits per heavy atom. The molecular weight excluding hydrogens is 1760 g/mol. The second-order valence-corrected chi connectivity index (χ2v) is 34.3. The normalized spacial score (nSPS) is 15.5. The Balaban J connectivity index is 0.711. The molecule has 0 unspecified atom stereocenters. The van der Waals surface area contributed by atoms with Crippen LogP contribution in [-0.4, -0.2) is 242 Å². The molecule has 36 heteroatoms. The Morgan fingerprint density at radius 3 is 1.32 bits per heavy atom. The van der Waals surface area contributed by atoms with E-state index in [1.165, 1.54) is 26.8 Å². The Bertz CT molecular complexity index is 5540. The van der Waals surface area contributed by atoms with E-state index in [0.717, 1.165) is 25.3 Å². The van der Waals surface area contributed by atoms with Crippen molar-refractivity contribution in [1.82, 2.24) is 66.0 Å². The molecule has 12 rings (SSSR count). The van der Waals surface area contributed by atoms with Crippen LogP contribution in [0.4, 0.5) is 28.8 Å². The average Bonchev–Trinajstić information content (AvgIpc) is 1.61. The first-order chi connectivity index (χ1) is 66.1. The highest BCUT2D eigenvalue weighted by atomic mass is 16.6. The third-order valence-electron chi connectivity index (χ3n) is 23.1. The fraction of sp³-hybridized carbons (Fsp3) is 0.356. The van der Waals surface area contributed by atoms with Crippen LogP contribution in [0.15, 0.2) is 237 Å². The van der Waals surface area contributed by atoms with Crippen LogP contribution in [0.25, 0.3) is 0 Å². The molecule has 6 atom stereocenters. The minimum Gasteiger partial charge on any atom is -0.444 e. The van der Waals surface area contributed by atoms with Crippen LogP contribution in [0.2, 0.25) is 0 Å². The highest BCUT2D eigenvalue weighted by Gasteiger charge is 2.49. The van der Waals surface area contributed by atoms with Crippen LogP contribution in [0.3, 0.4) is 0 Å². The lowest BCUT2D eigenvalue weighted by atomic mass is 9.93. The number of ether oxygens (including phenoxy) is 6. The quantitative estimate of drug-likeness (QED) is 0.00814. The number of hydrogen-bond donors (Lipinski definition) is 7. The molecule has 137 heavy (non-hydrogen) atoms. The van der Waals surface area contributed by atoms with Crippen molar-refractivity contribution in [3.8, 4) is 0 Å². The van der Waals surface area contributed by atoms with Gasteiger partial charge in [-0.15, -0.1) is 0 Å². The summed E-state index contributed by atoms with van der Waals surface area (Å²) >= 11 is 0. The van der Waals surface area contributed by atoms with Crippen LogP contribution in [0, 0.1) is 16.7 Å². The third-order valence-corrected chi connectivity index (χ3v) is 23.1. The van der Waals surface area contributed by atoms with E-state index in [1.54, 1.807) is 239 Å². The number of urea groups is 1. The first-order valence-corrected chi connectivity index (χ1v) is 45.5. The van der Waals surface area contributed by atoms with E-state index in [9.17, 15) is 43.2 Å². The van der Waals surface area contributed by atoms with Crippen LogP contribution in [-0.2, 0) is 108 Å². The topological polar surface area (TPSA) is 445 Å². The van der Waals surface area contributed by atoms with Gasteiger partial charge in [-0.2, -0.15) is 5.01 Å². The number of nitrogens with one attached hydrogen (secondary N) is 7. The number of likely N-dealkylation sites (tertiary alicyclic amines) is 3. The third kappa shape index (κ3) is 29.0. The number of hydrogen-bond acceptors (Lipinski definition) is 23. The zero-order valence-electron chi connectivity index (χ0n) is 76.5. The summed E-state index contributed by atoms with van der Waals surface area (Å²) < 4.78 is 33.9. The van der Waals surface area contributed by atoms with Gasteiger partial charge in [0, 0.05) is 58.2 Å². The molecule has 718 valence electrons. The second-order valence-electron chi connectivity index (χ2n) is 34.3. The molecule has 0 spiro atoms. The number of amides is 14. The predicted molar refractivity (Wildman–Crippen MR) is 498 cm³/mol. The summed E-state index contributed by atoms with van der Waals surface area (Å²) in [6.07, 6.45) is -4.96. The summed E-state index contributed by atoms with van der Waals surface area (Å²) in [5.74, 6) is -9.29. The van der Waals surface area contributed by atoms with E-state index in [4.69, 9.17) is 39.2 Å². The maximum Gasteiger partial charge on any atom is 0.416 e. The lowest BCUT2D eigenvalue weighted by Gasteiger charge is -2.37. The fourth-order valence-corrected chi connectivity index (χ4v) is 16.3. The molecule has 0 radical (unpaired) electrons. The minimum absolute atomic E-state index is 0.0126. The van der Waals surface area contributed by atoms with Crippen molar-refractivity contribution < 1.29 is 100 Å². The van der Waals surface area contributed by atoms with Crippen molar-refractivity contribution in [3.05, 3.63) is 287 Å². The van der Waals surface area contributed by atoms with Gasteiger partial charge in [0.1, 0.15) is 56.2 Å². The Hall–Kier alpha value is -15.5. The number of carbonyl (C=O) groups excluding carboxylic acids is 15. The Kier molecular flexibility index (Phi) is 36.3. The summed E-state index contributed by atoms with van der Waals surface area (Å²) in [5.41, 5.74) is 3.37. The van der Waals surface area contributed by atoms with Crippen molar-refractivity contribution in [2.45, 2.75) is 160 Å². The van der Waals surface area contributed by atoms with Gasteiger partial charge in [-0.25, -0.2) is 43.6 Å². The molecule has 8 aromatic rings. The van der Waals surface area contributed by atoms with Gasteiger partial charge in [0.15, 0.2) is 11.6 Å². The number of Topliss-reactive ketones (excluding diaryl/α,β-unsaturated/α-hetero) is 2. The number of alkyl carbamates (subject to hydrolysis) is 2. The van der Waals surface area contributed by atoms with E-state index >= 15 is 28.8 Å². The van der Waals surface area contributed by atoms with Gasteiger partial charge in [0.2, 0.25) is 41.5 Å². The molecule has 4 aliphatic heterocycles. The van der Waals surface area contributed by atoms with Crippen molar-refractivity contribution in [3.63, 3.8) is 0 Å². The van der Waals surface area contributed by atoms with E-state index in [2.05, 4.69) is 26.6 Å². The van der Waals surface area contributed by atoms with Gasteiger partial charge in [-0.1, -0.05) is 224 Å². The average molecular weight is 1870 g/mol. The van der Waals surface area contributed by atoms with Gasteiger partial charge in [0.25, 0.3) is 11.8 Å². The smallest absolute Gasteiger partial charge is 0.416 e. The zero-order chi connectivity index (χ0) is 97.3. The summed E-state index contributed by atoms with van der Waals surface area (Å²) in [6, 6.07) is 59.8. The van der Waals surface area contributed by atoms with Crippen molar-refractivity contribution in [2.75, 3.05) is 65.5 Å². The van der Waals surface area contributed by atoms with Gasteiger partial charge in [-0.05, 0) is 136 Å². The number of carbonyl (C=O) groups is 15. The molecule has 4 aliphatic rings. The second kappa shape index (κ2) is 49.5. The summed E-state index contributed by atoms with van der Waals surface area (Å²) in [4.78, 5) is 224. The molecule has 0 saturated carbocycles. The van der Waals surface area contributed by atoms with Crippen LogP contribution in [0.1, 0.15) is 138 Å². The summed E-state index contributed by atoms with van der Waals surface area (Å²) in [7, 11) is 0. The van der Waals surface area contributed by atoms with Gasteiger partial charge < -0.3 is 64.0 Å². The lowest BCUT2D eigenvalue weighted by molar-refractivity contribution is -0.144. The number of ketones is 2. The minimum atomic E-state index is -1.50. The highest BCUT2D eigenvalue weighted by Crippen LogP contribution is 2.31. The molecule has 8 aromatic carbocycles. The van der Waals surface area contributed by atoms with Gasteiger partial charge in [-0.3, -0.25) is 64.6 Å². The van der Waals surface area contributed by atoms with E-state index < -0.39 is 182 Å². The summed E-state index contributed by atoms with van der Waals surface area (Å²) in [6.45, 7) is 0.848. The molecule has 0 aliphatic carbocycles. The van der Waals surface area contributed by atoms with Crippen molar-refractivity contribution >= 4 is 101 Å². The first kappa shape index (κ1) is 100. The lowest BCUT2D eigenvalue weighted by Crippen LogP contribution is -2.59. The molecule has 0 bridgehead atoms. The zero-order valence-corrected chi connectivity index (χ0v) is 76.5. The van der Waals surface area contributed by atoms with E-state index in [-0.39, 0.29) is 128 Å². The van der Waals surface area contributed by atoms with Crippen molar-refractivity contribution in [2.24, 2.45) is 5.92 Å². The van der Waals surface area contributed by atoms with E-state index in [0.29, 0.717) is 51.2 Å². The number of rotatable bonds is 39. The predicted octanol–water partition coefficient (Wildman–Crippen LogP) is 11.0. The monoisotopic (exact) mass is 1870 g/mol. The first-order valence-electron chi connectivity index (χ1n) is 45.5. The molecule has 7 N–H and O–H groups in total. The molecule has 3 saturated heterocycles.